The molecule has 18 heavy (non-hydrogen) atoms. The number of amides is 1. The van der Waals surface area contributed by atoms with Crippen LogP contribution in [-0.2, 0) is 4.74 Å². The van der Waals surface area contributed by atoms with Gasteiger partial charge in [0.05, 0.1) is 5.60 Å². The lowest BCUT2D eigenvalue weighted by Crippen LogP contribution is -2.40. The molecule has 7 nitrogen and oxygen atoms in total. The molecule has 0 fully saturated rings. The van der Waals surface area contributed by atoms with E-state index < -0.39 is 5.60 Å². The third-order valence-electron chi connectivity index (χ3n) is 2.25. The second-order valence-electron chi connectivity index (χ2n) is 4.32. The molecule has 7 heteroatoms. The molecule has 0 atom stereocenters. The van der Waals surface area contributed by atoms with Crippen molar-refractivity contribution in [3.63, 3.8) is 0 Å². The molecule has 0 saturated heterocycles. The van der Waals surface area contributed by atoms with Gasteiger partial charge in [-0.2, -0.15) is 0 Å². The van der Waals surface area contributed by atoms with E-state index in [-0.39, 0.29) is 11.6 Å². The van der Waals surface area contributed by atoms with Crippen LogP contribution in [0.3, 0.4) is 0 Å². The fraction of sp³-hybridized carbons (Fsp3) is 0.545. The average molecular weight is 253 g/mol. The number of carbonyl (C=O) groups excluding carboxylic acids is 1. The van der Waals surface area contributed by atoms with E-state index in [1.165, 1.54) is 0 Å². The average Bonchev–Trinajstić information content (AvgIpc) is 2.36. The van der Waals surface area contributed by atoms with Crippen LogP contribution in [0.15, 0.2) is 12.1 Å². The van der Waals surface area contributed by atoms with Crippen LogP contribution in [0.5, 0.6) is 0 Å². The quantitative estimate of drug-likeness (QED) is 0.498. The molecule has 0 aliphatic rings. The molecule has 0 bridgehead atoms. The molecule has 1 rings (SSSR count). The van der Waals surface area contributed by atoms with Gasteiger partial charge in [-0.3, -0.25) is 4.79 Å². The number of aromatic nitrogens is 2. The highest BCUT2D eigenvalue weighted by molar-refractivity contribution is 5.92. The summed E-state index contributed by atoms with van der Waals surface area (Å²) in [6, 6.07) is 3.13. The van der Waals surface area contributed by atoms with Crippen LogP contribution in [0.2, 0.25) is 0 Å². The van der Waals surface area contributed by atoms with Crippen LogP contribution in [-0.4, -0.2) is 34.9 Å². The van der Waals surface area contributed by atoms with Crippen LogP contribution in [0, 0.1) is 0 Å². The van der Waals surface area contributed by atoms with Crippen LogP contribution < -0.4 is 16.6 Å². The highest BCUT2D eigenvalue weighted by Crippen LogP contribution is 2.07. The number of hydrogen-bond donors (Lipinski definition) is 3. The van der Waals surface area contributed by atoms with Crippen molar-refractivity contribution in [2.24, 2.45) is 5.84 Å². The highest BCUT2D eigenvalue weighted by Gasteiger charge is 2.19. The Kier molecular flexibility index (Phi) is 4.99. The van der Waals surface area contributed by atoms with Crippen molar-refractivity contribution >= 4 is 11.7 Å². The number of nitrogens with zero attached hydrogens (tertiary/aromatic N) is 2. The van der Waals surface area contributed by atoms with Crippen molar-refractivity contribution in [2.45, 2.75) is 26.4 Å². The third kappa shape index (κ3) is 4.27. The normalized spacial score (nSPS) is 11.1. The van der Waals surface area contributed by atoms with Crippen molar-refractivity contribution in [2.75, 3.05) is 18.6 Å². The lowest BCUT2D eigenvalue weighted by molar-refractivity contribution is -0.00819. The zero-order valence-corrected chi connectivity index (χ0v) is 10.9. The van der Waals surface area contributed by atoms with Gasteiger partial charge in [-0.1, -0.05) is 0 Å². The van der Waals surface area contributed by atoms with Crippen LogP contribution >= 0.6 is 0 Å². The van der Waals surface area contributed by atoms with E-state index in [2.05, 4.69) is 20.9 Å². The molecule has 0 saturated carbocycles. The first kappa shape index (κ1) is 14.3. The minimum Gasteiger partial charge on any atom is -0.374 e. The molecule has 4 N–H and O–H groups in total. The van der Waals surface area contributed by atoms with Gasteiger partial charge in [-0.25, -0.2) is 5.84 Å². The Labute approximate surface area is 106 Å². The maximum atomic E-state index is 11.8. The number of ether oxygens (including phenoxy) is 1. The Morgan fingerprint density at radius 1 is 1.44 bits per heavy atom. The number of nitrogens with two attached hydrogens (primary N) is 1. The summed E-state index contributed by atoms with van der Waals surface area (Å²) >= 11 is 0. The minimum atomic E-state index is -0.406. The molecule has 1 amide bonds. The predicted octanol–water partition coefficient (Wildman–Crippen LogP) is 0.307. The standard InChI is InChI=1S/C11H19N5O2/c1-4-18-11(2,3)7-13-10(17)8-5-6-9(14-12)16-15-8/h5-6H,4,7,12H2,1-3H3,(H,13,17)(H,14,16). The van der Waals surface area contributed by atoms with Gasteiger partial charge in [0, 0.05) is 13.2 Å². The molecular formula is C11H19N5O2. The molecule has 1 aromatic rings. The Morgan fingerprint density at radius 3 is 2.67 bits per heavy atom. The number of anilines is 1. The molecule has 100 valence electrons. The van der Waals surface area contributed by atoms with E-state index in [1.807, 2.05) is 20.8 Å². The van der Waals surface area contributed by atoms with Crippen LogP contribution in [0.25, 0.3) is 0 Å². The Bertz CT molecular complexity index is 391. The first-order chi connectivity index (χ1) is 8.48. The molecule has 0 aliphatic heterocycles. The van der Waals surface area contributed by atoms with Crippen molar-refractivity contribution in [1.29, 1.82) is 0 Å². The summed E-state index contributed by atoms with van der Waals surface area (Å²) in [6.07, 6.45) is 0. The predicted molar refractivity (Wildman–Crippen MR) is 67.9 cm³/mol. The van der Waals surface area contributed by atoms with E-state index in [4.69, 9.17) is 10.6 Å². The molecule has 0 radical (unpaired) electrons. The number of nitrogens with one attached hydrogen (secondary N) is 2. The third-order valence-corrected chi connectivity index (χ3v) is 2.25. The smallest absolute Gasteiger partial charge is 0.271 e. The van der Waals surface area contributed by atoms with Crippen molar-refractivity contribution in [3.8, 4) is 0 Å². The number of nitrogen functional groups attached to an aromatic ring is 1. The minimum absolute atomic E-state index is 0.237. The van der Waals surface area contributed by atoms with E-state index in [0.29, 0.717) is 19.0 Å². The molecule has 0 aromatic carbocycles. The molecule has 0 spiro atoms. The van der Waals surface area contributed by atoms with Gasteiger partial charge in [0.15, 0.2) is 11.5 Å². The van der Waals surface area contributed by atoms with Gasteiger partial charge < -0.3 is 15.5 Å². The van der Waals surface area contributed by atoms with Gasteiger partial charge in [-0.15, -0.1) is 10.2 Å². The molecular weight excluding hydrogens is 234 g/mol. The number of rotatable bonds is 6. The Morgan fingerprint density at radius 2 is 2.17 bits per heavy atom. The van der Waals surface area contributed by atoms with E-state index in [0.717, 1.165) is 0 Å². The Hall–Kier alpha value is -1.73. The van der Waals surface area contributed by atoms with Crippen LogP contribution in [0.1, 0.15) is 31.3 Å². The maximum absolute atomic E-state index is 11.8. The number of hydrogen-bond acceptors (Lipinski definition) is 6. The summed E-state index contributed by atoms with van der Waals surface area (Å²) in [5.41, 5.74) is 2.17. The largest absolute Gasteiger partial charge is 0.374 e. The van der Waals surface area contributed by atoms with Gasteiger partial charge in [0.2, 0.25) is 0 Å². The summed E-state index contributed by atoms with van der Waals surface area (Å²) in [7, 11) is 0. The first-order valence-electron chi connectivity index (χ1n) is 5.71. The second kappa shape index (κ2) is 6.27. The summed E-state index contributed by atoms with van der Waals surface area (Å²) in [4.78, 5) is 11.8. The van der Waals surface area contributed by atoms with Crippen molar-refractivity contribution < 1.29 is 9.53 Å². The van der Waals surface area contributed by atoms with Gasteiger partial charge >= 0.3 is 0 Å². The molecule has 0 unspecified atom stereocenters. The van der Waals surface area contributed by atoms with Crippen molar-refractivity contribution in [1.82, 2.24) is 15.5 Å². The maximum Gasteiger partial charge on any atom is 0.271 e. The van der Waals surface area contributed by atoms with Gasteiger partial charge in [-0.05, 0) is 32.9 Å². The topological polar surface area (TPSA) is 102 Å². The highest BCUT2D eigenvalue weighted by atomic mass is 16.5. The summed E-state index contributed by atoms with van der Waals surface area (Å²) < 4.78 is 5.47. The lowest BCUT2D eigenvalue weighted by atomic mass is 10.1. The lowest BCUT2D eigenvalue weighted by Gasteiger charge is -2.24. The van der Waals surface area contributed by atoms with Crippen LogP contribution in [0.4, 0.5) is 5.82 Å². The first-order valence-corrected chi connectivity index (χ1v) is 5.71. The van der Waals surface area contributed by atoms with E-state index >= 15 is 0 Å². The van der Waals surface area contributed by atoms with E-state index in [9.17, 15) is 4.79 Å². The SMILES string of the molecule is CCOC(C)(C)CNC(=O)c1ccc(NN)nn1. The number of carbonyl (C=O) groups is 1. The fourth-order valence-corrected chi connectivity index (χ4v) is 1.36. The molecule has 0 aliphatic carbocycles. The zero-order chi connectivity index (χ0) is 13.6. The monoisotopic (exact) mass is 253 g/mol. The number of hydrazine groups is 1. The summed E-state index contributed by atoms with van der Waals surface area (Å²) in [5.74, 6) is 5.27. The van der Waals surface area contributed by atoms with Crippen molar-refractivity contribution in [3.05, 3.63) is 17.8 Å². The summed E-state index contributed by atoms with van der Waals surface area (Å²) in [6.45, 7) is 6.72. The van der Waals surface area contributed by atoms with Gasteiger partial charge in [0.1, 0.15) is 0 Å². The second-order valence-corrected chi connectivity index (χ2v) is 4.32. The fourth-order valence-electron chi connectivity index (χ4n) is 1.36. The zero-order valence-electron chi connectivity index (χ0n) is 10.9. The Balaban J connectivity index is 2.54. The molecule has 1 heterocycles. The van der Waals surface area contributed by atoms with E-state index in [1.54, 1.807) is 12.1 Å². The molecule has 1 aromatic heterocycles. The van der Waals surface area contributed by atoms with Gasteiger partial charge in [0.25, 0.3) is 5.91 Å². The summed E-state index contributed by atoms with van der Waals surface area (Å²) in [5, 5.41) is 10.2.